The van der Waals surface area contributed by atoms with Gasteiger partial charge in [-0.05, 0) is 24.3 Å². The van der Waals surface area contributed by atoms with Gasteiger partial charge in [-0.3, -0.25) is 4.79 Å². The summed E-state index contributed by atoms with van der Waals surface area (Å²) >= 11 is 0. The van der Waals surface area contributed by atoms with Gasteiger partial charge in [0.2, 0.25) is 0 Å². The van der Waals surface area contributed by atoms with Crippen LogP contribution in [0.3, 0.4) is 0 Å². The van der Waals surface area contributed by atoms with E-state index in [9.17, 15) is 9.59 Å². The Bertz CT molecular complexity index is 515. The SMILES string of the molecule is O=C(N[C@H]1C[C@@]2(C(=O)O)C[C@@H]12)OCc1ccccc1. The first kappa shape index (κ1) is 12.0. The summed E-state index contributed by atoms with van der Waals surface area (Å²) in [6, 6.07) is 9.39. The Hall–Kier alpha value is -2.04. The molecule has 1 amide bonds. The predicted octanol–water partition coefficient (Wildman–Crippen LogP) is 1.78. The second-order valence-corrected chi connectivity index (χ2v) is 5.29. The minimum absolute atomic E-state index is 0.0422. The summed E-state index contributed by atoms with van der Waals surface area (Å²) in [6.45, 7) is 0.230. The highest BCUT2D eigenvalue weighted by atomic mass is 16.5. The lowest BCUT2D eigenvalue weighted by molar-refractivity contribution is -0.147. The first-order valence-electron chi connectivity index (χ1n) is 6.32. The highest BCUT2D eigenvalue weighted by molar-refractivity contribution is 5.82. The molecule has 1 aromatic carbocycles. The molecule has 3 rings (SSSR count). The van der Waals surface area contributed by atoms with Crippen molar-refractivity contribution in [1.82, 2.24) is 5.32 Å². The molecule has 2 aliphatic rings. The summed E-state index contributed by atoms with van der Waals surface area (Å²) in [5.41, 5.74) is 0.384. The number of carbonyl (C=O) groups excluding carboxylic acids is 1. The van der Waals surface area contributed by atoms with Gasteiger partial charge in [0.1, 0.15) is 6.61 Å². The van der Waals surface area contributed by atoms with Crippen molar-refractivity contribution in [3.8, 4) is 0 Å². The third-order valence-electron chi connectivity index (χ3n) is 4.15. The summed E-state index contributed by atoms with van der Waals surface area (Å²) in [5, 5.41) is 11.7. The van der Waals surface area contributed by atoms with Crippen LogP contribution in [0.5, 0.6) is 0 Å². The minimum atomic E-state index is -0.742. The fourth-order valence-electron chi connectivity index (χ4n) is 2.87. The number of benzene rings is 1. The van der Waals surface area contributed by atoms with E-state index in [1.807, 2.05) is 30.3 Å². The molecule has 2 N–H and O–H groups in total. The van der Waals surface area contributed by atoms with Crippen molar-refractivity contribution in [3.05, 3.63) is 35.9 Å². The molecule has 2 fully saturated rings. The van der Waals surface area contributed by atoms with Crippen LogP contribution >= 0.6 is 0 Å². The molecule has 19 heavy (non-hydrogen) atoms. The number of ether oxygens (including phenoxy) is 1. The highest BCUT2D eigenvalue weighted by Crippen LogP contribution is 2.67. The van der Waals surface area contributed by atoms with Gasteiger partial charge in [0.05, 0.1) is 5.41 Å². The topological polar surface area (TPSA) is 75.6 Å². The van der Waals surface area contributed by atoms with Crippen molar-refractivity contribution in [2.75, 3.05) is 0 Å². The number of alkyl carbamates (subject to hydrolysis) is 1. The molecule has 100 valence electrons. The normalized spacial score (nSPS) is 30.7. The molecule has 0 unspecified atom stereocenters. The minimum Gasteiger partial charge on any atom is -0.481 e. The number of fused-ring (bicyclic) bond motifs is 1. The van der Waals surface area contributed by atoms with E-state index in [-0.39, 0.29) is 18.6 Å². The van der Waals surface area contributed by atoms with E-state index in [0.717, 1.165) is 5.56 Å². The Morgan fingerprint density at radius 2 is 2.05 bits per heavy atom. The Kier molecular flexibility index (Phi) is 2.69. The van der Waals surface area contributed by atoms with E-state index < -0.39 is 17.5 Å². The molecule has 0 saturated heterocycles. The summed E-state index contributed by atoms with van der Waals surface area (Å²) in [7, 11) is 0. The van der Waals surface area contributed by atoms with Crippen LogP contribution in [0.2, 0.25) is 0 Å². The number of aliphatic carboxylic acids is 1. The van der Waals surface area contributed by atoms with E-state index in [2.05, 4.69) is 5.32 Å². The highest BCUT2D eigenvalue weighted by Gasteiger charge is 2.72. The van der Waals surface area contributed by atoms with Crippen molar-refractivity contribution in [2.24, 2.45) is 11.3 Å². The van der Waals surface area contributed by atoms with Gasteiger partial charge in [-0.2, -0.15) is 0 Å². The number of hydrogen-bond acceptors (Lipinski definition) is 3. The quantitative estimate of drug-likeness (QED) is 0.866. The second kappa shape index (κ2) is 4.26. The van der Waals surface area contributed by atoms with Crippen LogP contribution in [-0.4, -0.2) is 23.2 Å². The first-order chi connectivity index (χ1) is 9.12. The molecule has 0 spiro atoms. The monoisotopic (exact) mass is 261 g/mol. The van der Waals surface area contributed by atoms with Crippen LogP contribution in [0, 0.1) is 11.3 Å². The molecular weight excluding hydrogens is 246 g/mol. The van der Waals surface area contributed by atoms with Crippen molar-refractivity contribution in [2.45, 2.75) is 25.5 Å². The molecule has 0 radical (unpaired) electrons. The Morgan fingerprint density at radius 3 is 2.63 bits per heavy atom. The zero-order valence-electron chi connectivity index (χ0n) is 10.3. The molecule has 2 aliphatic carbocycles. The largest absolute Gasteiger partial charge is 0.481 e. The van der Waals surface area contributed by atoms with E-state index in [1.165, 1.54) is 0 Å². The number of rotatable bonds is 4. The van der Waals surface area contributed by atoms with Gasteiger partial charge in [0, 0.05) is 6.04 Å². The van der Waals surface area contributed by atoms with E-state index >= 15 is 0 Å². The molecular formula is C14H15NO4. The van der Waals surface area contributed by atoms with Gasteiger partial charge < -0.3 is 15.2 Å². The van der Waals surface area contributed by atoms with Crippen molar-refractivity contribution in [1.29, 1.82) is 0 Å². The second-order valence-electron chi connectivity index (χ2n) is 5.29. The lowest BCUT2D eigenvalue weighted by Crippen LogP contribution is -2.48. The number of nitrogens with one attached hydrogen (secondary N) is 1. The summed E-state index contributed by atoms with van der Waals surface area (Å²) in [6.07, 6.45) is 0.721. The number of hydrogen-bond donors (Lipinski definition) is 2. The average molecular weight is 261 g/mol. The maximum atomic E-state index is 11.6. The Labute approximate surface area is 110 Å². The summed E-state index contributed by atoms with van der Waals surface area (Å²) in [5.74, 6) is -0.650. The predicted molar refractivity (Wildman–Crippen MR) is 66.3 cm³/mol. The zero-order valence-corrected chi connectivity index (χ0v) is 10.3. The lowest BCUT2D eigenvalue weighted by atomic mass is 9.80. The van der Waals surface area contributed by atoms with Crippen LogP contribution < -0.4 is 5.32 Å². The number of carbonyl (C=O) groups is 2. The van der Waals surface area contributed by atoms with Crippen LogP contribution in [0.25, 0.3) is 0 Å². The third-order valence-corrected chi connectivity index (χ3v) is 4.15. The molecule has 0 heterocycles. The number of carboxylic acid groups (broad SMARTS) is 1. The molecule has 5 heteroatoms. The summed E-state index contributed by atoms with van der Waals surface area (Å²) < 4.78 is 5.10. The summed E-state index contributed by atoms with van der Waals surface area (Å²) in [4.78, 5) is 22.5. The van der Waals surface area contributed by atoms with Crippen LogP contribution in [0.15, 0.2) is 30.3 Å². The van der Waals surface area contributed by atoms with E-state index in [0.29, 0.717) is 12.8 Å². The Morgan fingerprint density at radius 1 is 1.32 bits per heavy atom. The number of amides is 1. The van der Waals surface area contributed by atoms with Gasteiger partial charge in [0.15, 0.2) is 0 Å². The maximum absolute atomic E-state index is 11.6. The van der Waals surface area contributed by atoms with Crippen LogP contribution in [0.1, 0.15) is 18.4 Å². The van der Waals surface area contributed by atoms with E-state index in [4.69, 9.17) is 9.84 Å². The fourth-order valence-corrected chi connectivity index (χ4v) is 2.87. The van der Waals surface area contributed by atoms with Crippen LogP contribution in [0.4, 0.5) is 4.79 Å². The smallest absolute Gasteiger partial charge is 0.407 e. The van der Waals surface area contributed by atoms with Gasteiger partial charge in [0.25, 0.3) is 0 Å². The van der Waals surface area contributed by atoms with Gasteiger partial charge in [-0.15, -0.1) is 0 Å². The molecule has 0 aromatic heterocycles. The standard InChI is InChI=1S/C14H15NO4/c16-12(17)14-6-10(14)11(7-14)15-13(18)19-8-9-4-2-1-3-5-9/h1-5,10-11H,6-8H2,(H,15,18)(H,16,17)/t10-,11-,14-/m0/s1. The van der Waals surface area contributed by atoms with Gasteiger partial charge >= 0.3 is 12.1 Å². The van der Waals surface area contributed by atoms with E-state index in [1.54, 1.807) is 0 Å². The van der Waals surface area contributed by atoms with Crippen molar-refractivity contribution in [3.63, 3.8) is 0 Å². The average Bonchev–Trinajstić information content (AvgIpc) is 3.02. The lowest BCUT2D eigenvalue weighted by Gasteiger charge is -2.31. The first-order valence-corrected chi connectivity index (χ1v) is 6.32. The van der Waals surface area contributed by atoms with Gasteiger partial charge in [-0.25, -0.2) is 4.79 Å². The zero-order chi connectivity index (χ0) is 13.5. The fraction of sp³-hybridized carbons (Fsp3) is 0.429. The maximum Gasteiger partial charge on any atom is 0.407 e. The van der Waals surface area contributed by atoms with Crippen LogP contribution in [-0.2, 0) is 16.1 Å². The van der Waals surface area contributed by atoms with Crippen molar-refractivity contribution < 1.29 is 19.4 Å². The van der Waals surface area contributed by atoms with Gasteiger partial charge in [-0.1, -0.05) is 30.3 Å². The molecule has 0 bridgehead atoms. The molecule has 2 saturated carbocycles. The third kappa shape index (κ3) is 2.05. The number of carboxylic acids is 1. The molecule has 0 aliphatic heterocycles. The van der Waals surface area contributed by atoms with Crippen molar-refractivity contribution >= 4 is 12.1 Å². The molecule has 1 aromatic rings. The molecule has 5 nitrogen and oxygen atoms in total. The Balaban J connectivity index is 1.43. The molecule has 3 atom stereocenters.